The molecule has 3 nitrogen and oxygen atoms in total. The molecular weight excluding hydrogens is 609 g/mol. The van der Waals surface area contributed by atoms with Crippen molar-refractivity contribution in [2.24, 2.45) is 5.41 Å². The van der Waals surface area contributed by atoms with E-state index in [1.807, 2.05) is 0 Å². The number of rotatable bonds is 5. The molecule has 0 saturated carbocycles. The van der Waals surface area contributed by atoms with Crippen molar-refractivity contribution in [3.05, 3.63) is 63.5 Å². The Hall–Kier alpha value is -0.763. The smallest absolute Gasteiger partial charge is 0.192 e. The van der Waals surface area contributed by atoms with Crippen LogP contribution in [0.1, 0.15) is 140 Å². The van der Waals surface area contributed by atoms with Crippen LogP contribution in [0.2, 0.25) is 18.1 Å². The van der Waals surface area contributed by atoms with Crippen LogP contribution in [0, 0.1) is 5.41 Å². The summed E-state index contributed by atoms with van der Waals surface area (Å²) in [7, 11) is -2.02. The standard InChI is InChI=1S/C34H52INO2Si/c1-21(2)29-27-28(34(11,20-35)37-30(27)22-14-16-23(17-15-22)31(3,4)5)26-24(36-29)18-33(9,10)19-25(26)38-39(12,13)32(6,7)8/h14-17,21,25,30H,18-20H2,1-13H3/t25?,30-,34?/m1/s1. The van der Waals surface area contributed by atoms with E-state index < -0.39 is 13.9 Å². The van der Waals surface area contributed by atoms with E-state index >= 15 is 0 Å². The van der Waals surface area contributed by atoms with Crippen molar-refractivity contribution in [2.75, 3.05) is 4.43 Å². The first kappa shape index (κ1) is 31.2. The molecule has 0 bridgehead atoms. The summed E-state index contributed by atoms with van der Waals surface area (Å²) in [4.78, 5) is 5.51. The summed E-state index contributed by atoms with van der Waals surface area (Å²) in [5.74, 6) is 0.311. The third kappa shape index (κ3) is 5.81. The molecule has 1 aromatic carbocycles. The predicted octanol–water partition coefficient (Wildman–Crippen LogP) is 10.3. The summed E-state index contributed by atoms with van der Waals surface area (Å²) in [6.45, 7) is 30.2. The maximum Gasteiger partial charge on any atom is 0.192 e. The van der Waals surface area contributed by atoms with Crippen LogP contribution in [0.15, 0.2) is 24.3 Å². The van der Waals surface area contributed by atoms with E-state index in [1.54, 1.807) is 0 Å². The fourth-order valence-corrected chi connectivity index (χ4v) is 7.90. The second-order valence-corrected chi connectivity index (χ2v) is 21.5. The van der Waals surface area contributed by atoms with Crippen LogP contribution in [-0.4, -0.2) is 17.7 Å². The number of nitrogens with zero attached hydrogens (tertiary/aromatic N) is 1. The van der Waals surface area contributed by atoms with Gasteiger partial charge in [-0.15, -0.1) is 0 Å². The summed E-state index contributed by atoms with van der Waals surface area (Å²) in [6, 6.07) is 9.13. The maximum absolute atomic E-state index is 7.30. The third-order valence-electron chi connectivity index (χ3n) is 9.38. The minimum atomic E-state index is -2.02. The minimum absolute atomic E-state index is 0.0417. The second-order valence-electron chi connectivity index (χ2n) is 15.9. The second kappa shape index (κ2) is 10.2. The van der Waals surface area contributed by atoms with Gasteiger partial charge in [0.25, 0.3) is 0 Å². The predicted molar refractivity (Wildman–Crippen MR) is 176 cm³/mol. The monoisotopic (exact) mass is 661 g/mol. The van der Waals surface area contributed by atoms with Gasteiger partial charge in [-0.05, 0) is 71.3 Å². The number of hydrogen-bond acceptors (Lipinski definition) is 3. The third-order valence-corrected chi connectivity index (χ3v) is 15.3. The van der Waals surface area contributed by atoms with E-state index in [1.165, 1.54) is 39.2 Å². The van der Waals surface area contributed by atoms with Gasteiger partial charge in [0.2, 0.25) is 0 Å². The quantitative estimate of drug-likeness (QED) is 0.182. The minimum Gasteiger partial charge on any atom is -0.410 e. The van der Waals surface area contributed by atoms with Crippen molar-refractivity contribution >= 4 is 30.9 Å². The van der Waals surface area contributed by atoms with E-state index in [0.717, 1.165) is 17.3 Å². The van der Waals surface area contributed by atoms with Crippen molar-refractivity contribution in [3.8, 4) is 0 Å². The lowest BCUT2D eigenvalue weighted by atomic mass is 9.71. The molecule has 2 aromatic rings. The Bertz CT molecular complexity index is 1220. The van der Waals surface area contributed by atoms with Crippen LogP contribution < -0.4 is 0 Å². The highest BCUT2D eigenvalue weighted by Crippen LogP contribution is 2.57. The highest BCUT2D eigenvalue weighted by atomic mass is 127. The van der Waals surface area contributed by atoms with E-state index in [0.29, 0.717) is 5.92 Å². The van der Waals surface area contributed by atoms with Crippen LogP contribution in [0.4, 0.5) is 0 Å². The van der Waals surface area contributed by atoms with E-state index in [-0.39, 0.29) is 28.1 Å². The van der Waals surface area contributed by atoms with Crippen LogP contribution >= 0.6 is 22.6 Å². The molecule has 4 rings (SSSR count). The van der Waals surface area contributed by atoms with E-state index in [9.17, 15) is 0 Å². The maximum atomic E-state index is 7.30. The molecule has 2 aliphatic rings. The van der Waals surface area contributed by atoms with E-state index in [2.05, 4.69) is 136 Å². The molecule has 1 aromatic heterocycles. The van der Waals surface area contributed by atoms with Gasteiger partial charge in [-0.3, -0.25) is 4.98 Å². The Balaban J connectivity index is 1.98. The Labute approximate surface area is 253 Å². The molecule has 0 spiro atoms. The largest absolute Gasteiger partial charge is 0.410 e. The molecule has 3 atom stereocenters. The molecular formula is C34H52INO2Si. The molecule has 0 saturated heterocycles. The van der Waals surface area contributed by atoms with Crippen molar-refractivity contribution in [3.63, 3.8) is 0 Å². The summed E-state index contributed by atoms with van der Waals surface area (Å²) >= 11 is 2.53. The Kier molecular flexibility index (Phi) is 8.15. The lowest BCUT2D eigenvalue weighted by Crippen LogP contribution is -2.44. The van der Waals surface area contributed by atoms with Crippen molar-refractivity contribution in [2.45, 2.75) is 136 Å². The number of hydrogen-bond donors (Lipinski definition) is 0. The molecule has 1 aliphatic carbocycles. The molecule has 1 aliphatic heterocycles. The first-order chi connectivity index (χ1) is 17.7. The Morgan fingerprint density at radius 1 is 1.03 bits per heavy atom. The fraction of sp³-hybridized carbons (Fsp3) is 0.676. The number of benzene rings is 1. The van der Waals surface area contributed by atoms with Gasteiger partial charge < -0.3 is 9.16 Å². The highest BCUT2D eigenvalue weighted by molar-refractivity contribution is 14.1. The summed E-state index contributed by atoms with van der Waals surface area (Å²) in [5, 5.41) is 0.142. The average molecular weight is 662 g/mol. The van der Waals surface area contributed by atoms with Gasteiger partial charge in [0.15, 0.2) is 8.32 Å². The zero-order valence-electron chi connectivity index (χ0n) is 26.8. The van der Waals surface area contributed by atoms with Crippen LogP contribution in [0.3, 0.4) is 0 Å². The van der Waals surface area contributed by atoms with Crippen LogP contribution in [-0.2, 0) is 26.6 Å². The SMILES string of the molecule is CC(C)c1nc2c(c3c1[C@@H](c1ccc(C(C)(C)C)cc1)OC3(C)CI)C(O[Si](C)(C)C(C)(C)C)CC(C)(C)C2. The molecule has 2 heterocycles. The average Bonchev–Trinajstić information content (AvgIpc) is 3.10. The number of aromatic nitrogens is 1. The molecule has 2 unspecified atom stereocenters. The summed E-state index contributed by atoms with van der Waals surface area (Å²) in [5.41, 5.74) is 8.88. The van der Waals surface area contributed by atoms with Crippen molar-refractivity contribution in [1.82, 2.24) is 4.98 Å². The van der Waals surface area contributed by atoms with Gasteiger partial charge in [0, 0.05) is 26.9 Å². The van der Waals surface area contributed by atoms with Crippen LogP contribution in [0.25, 0.3) is 0 Å². The number of pyridine rings is 1. The van der Waals surface area contributed by atoms with Gasteiger partial charge in [-0.25, -0.2) is 0 Å². The van der Waals surface area contributed by atoms with E-state index in [4.69, 9.17) is 14.1 Å². The van der Waals surface area contributed by atoms with Gasteiger partial charge in [0.05, 0.1) is 6.10 Å². The molecule has 0 N–H and O–H groups in total. The van der Waals surface area contributed by atoms with Crippen molar-refractivity contribution < 1.29 is 9.16 Å². The summed E-state index contributed by atoms with van der Waals surface area (Å²) in [6.07, 6.45) is 1.92. The molecule has 0 radical (unpaired) electrons. The van der Waals surface area contributed by atoms with Gasteiger partial charge in [-0.1, -0.05) is 116 Å². The number of fused-ring (bicyclic) bond motifs is 3. The van der Waals surface area contributed by atoms with Gasteiger partial charge in [-0.2, -0.15) is 0 Å². The first-order valence-corrected chi connectivity index (χ1v) is 19.2. The number of halogens is 1. The highest BCUT2D eigenvalue weighted by Gasteiger charge is 2.51. The van der Waals surface area contributed by atoms with Crippen LogP contribution in [0.5, 0.6) is 0 Å². The fourth-order valence-electron chi connectivity index (χ4n) is 6.07. The molecule has 39 heavy (non-hydrogen) atoms. The molecule has 5 heteroatoms. The normalized spacial score (nSPS) is 25.1. The van der Waals surface area contributed by atoms with Gasteiger partial charge in [0.1, 0.15) is 11.7 Å². The zero-order valence-corrected chi connectivity index (χ0v) is 30.0. The Morgan fingerprint density at radius 3 is 2.10 bits per heavy atom. The topological polar surface area (TPSA) is 31.4 Å². The lowest BCUT2D eigenvalue weighted by Gasteiger charge is -2.45. The first-order valence-electron chi connectivity index (χ1n) is 14.8. The number of alkyl halides is 1. The Morgan fingerprint density at radius 2 is 1.62 bits per heavy atom. The molecule has 0 amide bonds. The lowest BCUT2D eigenvalue weighted by molar-refractivity contribution is -0.0301. The zero-order chi connectivity index (χ0) is 29.3. The number of ether oxygens (including phenoxy) is 1. The van der Waals surface area contributed by atoms with Gasteiger partial charge >= 0.3 is 0 Å². The summed E-state index contributed by atoms with van der Waals surface area (Å²) < 4.78 is 15.3. The molecule has 216 valence electrons. The molecule has 0 fully saturated rings. The van der Waals surface area contributed by atoms with Crippen molar-refractivity contribution in [1.29, 1.82) is 0 Å².